The van der Waals surface area contributed by atoms with Crippen LogP contribution in [-0.2, 0) is 4.79 Å². The molecule has 0 atom stereocenters. The summed E-state index contributed by atoms with van der Waals surface area (Å²) in [6.45, 7) is 6.21. The summed E-state index contributed by atoms with van der Waals surface area (Å²) >= 11 is 0. The van der Waals surface area contributed by atoms with Crippen LogP contribution in [0.3, 0.4) is 0 Å². The molecular formula is C12H16N2O4. The molecule has 0 aliphatic rings. The third kappa shape index (κ3) is 4.04. The van der Waals surface area contributed by atoms with Gasteiger partial charge in [-0.3, -0.25) is 14.9 Å². The Morgan fingerprint density at radius 3 is 2.72 bits per heavy atom. The number of rotatable bonds is 5. The molecule has 0 unspecified atom stereocenters. The Balaban J connectivity index is 2.69. The topological polar surface area (TPSA) is 85.4 Å². The first kappa shape index (κ1) is 14.0. The van der Waals surface area contributed by atoms with E-state index < -0.39 is 4.92 Å². The highest BCUT2D eigenvalue weighted by Gasteiger charge is 2.12. The van der Waals surface area contributed by atoms with Crippen LogP contribution in [0.2, 0.25) is 0 Å². The van der Waals surface area contributed by atoms with Crippen molar-refractivity contribution < 1.29 is 14.1 Å². The van der Waals surface area contributed by atoms with Gasteiger partial charge < -0.3 is 9.73 Å². The molecule has 1 amide bonds. The second-order valence-electron chi connectivity index (χ2n) is 4.36. The lowest BCUT2D eigenvalue weighted by Gasteiger charge is -2.07. The number of amides is 1. The van der Waals surface area contributed by atoms with Gasteiger partial charge >= 0.3 is 5.88 Å². The Morgan fingerprint density at radius 1 is 1.56 bits per heavy atom. The monoisotopic (exact) mass is 252 g/mol. The lowest BCUT2D eigenvalue weighted by molar-refractivity contribution is -0.402. The number of carbonyl (C=O) groups is 1. The normalized spacial score (nSPS) is 11.7. The molecule has 0 saturated carbocycles. The predicted molar refractivity (Wildman–Crippen MR) is 66.9 cm³/mol. The zero-order valence-electron chi connectivity index (χ0n) is 10.6. The van der Waals surface area contributed by atoms with E-state index in [1.807, 2.05) is 13.8 Å². The summed E-state index contributed by atoms with van der Waals surface area (Å²) in [5.74, 6) is 0.115. The number of hydrogen-bond acceptors (Lipinski definition) is 4. The molecule has 98 valence electrons. The van der Waals surface area contributed by atoms with Crippen LogP contribution in [0, 0.1) is 16.0 Å². The van der Waals surface area contributed by atoms with Gasteiger partial charge in [-0.25, -0.2) is 0 Å². The molecule has 0 bridgehead atoms. The van der Waals surface area contributed by atoms with E-state index in [9.17, 15) is 14.9 Å². The minimum absolute atomic E-state index is 0.206. The van der Waals surface area contributed by atoms with Gasteiger partial charge in [0, 0.05) is 12.1 Å². The summed E-state index contributed by atoms with van der Waals surface area (Å²) in [6, 6.07) is 2.71. The third-order valence-electron chi connectivity index (χ3n) is 2.18. The molecule has 0 spiro atoms. The Morgan fingerprint density at radius 2 is 2.22 bits per heavy atom. The molecule has 0 saturated heterocycles. The summed E-state index contributed by atoms with van der Waals surface area (Å²) in [7, 11) is 0. The van der Waals surface area contributed by atoms with E-state index in [-0.39, 0.29) is 11.8 Å². The maximum atomic E-state index is 11.6. The van der Waals surface area contributed by atoms with Crippen LogP contribution >= 0.6 is 0 Å². The average Bonchev–Trinajstić information content (AvgIpc) is 2.74. The molecule has 0 aliphatic heterocycles. The van der Waals surface area contributed by atoms with Gasteiger partial charge in [0.05, 0.1) is 6.07 Å². The smallest absolute Gasteiger partial charge is 0.401 e. The zero-order valence-corrected chi connectivity index (χ0v) is 10.6. The summed E-state index contributed by atoms with van der Waals surface area (Å²) in [6.07, 6.45) is 1.47. The van der Waals surface area contributed by atoms with E-state index in [1.54, 1.807) is 6.92 Å². The first-order chi connectivity index (χ1) is 8.40. The summed E-state index contributed by atoms with van der Waals surface area (Å²) < 4.78 is 4.94. The zero-order chi connectivity index (χ0) is 13.7. The fourth-order valence-electron chi connectivity index (χ4n) is 1.23. The molecule has 6 heteroatoms. The highest BCUT2D eigenvalue weighted by molar-refractivity contribution is 5.96. The van der Waals surface area contributed by atoms with Crippen molar-refractivity contribution in [1.82, 2.24) is 5.32 Å². The summed E-state index contributed by atoms with van der Waals surface area (Å²) in [5, 5.41) is 13.2. The van der Waals surface area contributed by atoms with Crippen molar-refractivity contribution in [3.05, 3.63) is 33.6 Å². The number of furan rings is 1. The highest BCUT2D eigenvalue weighted by Crippen LogP contribution is 2.17. The van der Waals surface area contributed by atoms with Crippen LogP contribution in [0.5, 0.6) is 0 Å². The minimum atomic E-state index is -0.620. The van der Waals surface area contributed by atoms with E-state index >= 15 is 0 Å². The fourth-order valence-corrected chi connectivity index (χ4v) is 1.23. The number of hydrogen-bond donors (Lipinski definition) is 1. The molecule has 6 nitrogen and oxygen atoms in total. The SMILES string of the molecule is CC(=Cc1ccc([N+](=O)[O-])o1)C(=O)NCC(C)C. The molecule has 0 fully saturated rings. The van der Waals surface area contributed by atoms with Gasteiger partial charge in [-0.2, -0.15) is 0 Å². The Kier molecular flexibility index (Phi) is 4.65. The lowest BCUT2D eigenvalue weighted by Crippen LogP contribution is -2.27. The van der Waals surface area contributed by atoms with E-state index in [0.717, 1.165) is 0 Å². The lowest BCUT2D eigenvalue weighted by atomic mass is 10.2. The van der Waals surface area contributed by atoms with Gasteiger partial charge in [0.2, 0.25) is 5.91 Å². The molecule has 1 N–H and O–H groups in total. The van der Waals surface area contributed by atoms with Crippen molar-refractivity contribution in [2.75, 3.05) is 6.54 Å². The van der Waals surface area contributed by atoms with Crippen molar-refractivity contribution >= 4 is 17.9 Å². The Labute approximate surface area is 105 Å². The van der Waals surface area contributed by atoms with Crippen LogP contribution in [0.1, 0.15) is 26.5 Å². The summed E-state index contributed by atoms with van der Waals surface area (Å²) in [5.41, 5.74) is 0.444. The quantitative estimate of drug-likeness (QED) is 0.495. The number of nitrogens with one attached hydrogen (secondary N) is 1. The molecule has 18 heavy (non-hydrogen) atoms. The van der Waals surface area contributed by atoms with Crippen molar-refractivity contribution in [1.29, 1.82) is 0 Å². The number of carbonyl (C=O) groups excluding carboxylic acids is 1. The van der Waals surface area contributed by atoms with Crippen molar-refractivity contribution in [3.8, 4) is 0 Å². The molecule has 0 radical (unpaired) electrons. The standard InChI is InChI=1S/C12H16N2O4/c1-8(2)7-13-12(15)9(3)6-10-4-5-11(18-10)14(16)17/h4-6,8H,7H2,1-3H3,(H,13,15). The molecule has 0 aromatic carbocycles. The second-order valence-corrected chi connectivity index (χ2v) is 4.36. The van der Waals surface area contributed by atoms with Gasteiger partial charge in [0.25, 0.3) is 0 Å². The van der Waals surface area contributed by atoms with E-state index in [4.69, 9.17) is 4.42 Å². The maximum absolute atomic E-state index is 11.6. The van der Waals surface area contributed by atoms with Gasteiger partial charge in [-0.1, -0.05) is 13.8 Å². The van der Waals surface area contributed by atoms with Crippen LogP contribution in [0.25, 0.3) is 6.08 Å². The molecule has 1 rings (SSSR count). The first-order valence-electron chi connectivity index (χ1n) is 5.61. The summed E-state index contributed by atoms with van der Waals surface area (Å²) in [4.78, 5) is 21.4. The number of nitro groups is 1. The largest absolute Gasteiger partial charge is 0.433 e. The minimum Gasteiger partial charge on any atom is -0.401 e. The molecule has 0 aliphatic carbocycles. The van der Waals surface area contributed by atoms with Gasteiger partial charge in [-0.05, 0) is 25.0 Å². The van der Waals surface area contributed by atoms with Crippen molar-refractivity contribution in [2.45, 2.75) is 20.8 Å². The van der Waals surface area contributed by atoms with Crippen molar-refractivity contribution in [2.24, 2.45) is 5.92 Å². The highest BCUT2D eigenvalue weighted by atomic mass is 16.6. The van der Waals surface area contributed by atoms with Crippen LogP contribution in [0.15, 0.2) is 22.1 Å². The second kappa shape index (κ2) is 6.00. The van der Waals surface area contributed by atoms with Gasteiger partial charge in [0.15, 0.2) is 0 Å². The fraction of sp³-hybridized carbons (Fsp3) is 0.417. The van der Waals surface area contributed by atoms with Gasteiger partial charge in [-0.15, -0.1) is 0 Å². The molecule has 1 aromatic heterocycles. The van der Waals surface area contributed by atoms with Crippen molar-refractivity contribution in [3.63, 3.8) is 0 Å². The van der Waals surface area contributed by atoms with E-state index in [1.165, 1.54) is 18.2 Å². The Hall–Kier alpha value is -2.11. The van der Waals surface area contributed by atoms with Crippen LogP contribution in [-0.4, -0.2) is 17.4 Å². The van der Waals surface area contributed by atoms with E-state index in [0.29, 0.717) is 23.8 Å². The van der Waals surface area contributed by atoms with Crippen LogP contribution < -0.4 is 5.32 Å². The molecule has 1 heterocycles. The Bertz CT molecular complexity index is 474. The molecule has 1 aromatic rings. The number of nitrogens with zero attached hydrogens (tertiary/aromatic N) is 1. The third-order valence-corrected chi connectivity index (χ3v) is 2.18. The van der Waals surface area contributed by atoms with E-state index in [2.05, 4.69) is 5.32 Å². The maximum Gasteiger partial charge on any atom is 0.433 e. The van der Waals surface area contributed by atoms with Gasteiger partial charge in [0.1, 0.15) is 10.7 Å². The predicted octanol–water partition coefficient (Wildman–Crippen LogP) is 2.36. The first-order valence-corrected chi connectivity index (χ1v) is 5.61. The van der Waals surface area contributed by atoms with Crippen LogP contribution in [0.4, 0.5) is 5.88 Å². The molecular weight excluding hydrogens is 236 g/mol. The average molecular weight is 252 g/mol.